The van der Waals surface area contributed by atoms with Gasteiger partial charge in [-0.25, -0.2) is 18.0 Å². The number of aryl methyl sites for hydroxylation is 2. The molecular weight excluding hydrogens is 503 g/mol. The molecule has 34 heavy (non-hydrogen) atoms. The zero-order valence-corrected chi connectivity index (χ0v) is 20.5. The van der Waals surface area contributed by atoms with E-state index in [4.69, 9.17) is 27.7 Å². The molecule has 0 fully saturated rings. The molecule has 2 N–H and O–H groups in total. The van der Waals surface area contributed by atoms with Crippen molar-refractivity contribution in [2.45, 2.75) is 25.7 Å². The van der Waals surface area contributed by atoms with Gasteiger partial charge in [0.2, 0.25) is 5.88 Å². The summed E-state index contributed by atoms with van der Waals surface area (Å²) in [7, 11) is -3.94. The van der Waals surface area contributed by atoms with Crippen LogP contribution in [0.5, 0.6) is 0 Å². The van der Waals surface area contributed by atoms with Crippen LogP contribution in [0.4, 0.5) is 17.3 Å². The Morgan fingerprint density at radius 2 is 1.65 bits per heavy atom. The van der Waals surface area contributed by atoms with Crippen LogP contribution < -0.4 is 14.9 Å². The highest BCUT2D eigenvalue weighted by Crippen LogP contribution is 2.32. The SMILES string of the molecule is Cc1ccc(N2C(=O)C(Cl)=C(Nc3ccc(S(=O)(=O)Nc4onc(C)c4C)cc3)C2=O)cc1Cl. The van der Waals surface area contributed by atoms with E-state index >= 15 is 0 Å². The fourth-order valence-corrected chi connectivity index (χ4v) is 4.55. The Hall–Kier alpha value is -3.34. The number of amides is 2. The molecule has 1 aliphatic heterocycles. The molecule has 0 aliphatic carbocycles. The van der Waals surface area contributed by atoms with Crippen LogP contribution in [0, 0.1) is 20.8 Å². The molecule has 9 nitrogen and oxygen atoms in total. The van der Waals surface area contributed by atoms with Gasteiger partial charge in [-0.05, 0) is 62.7 Å². The van der Waals surface area contributed by atoms with Gasteiger partial charge in [0, 0.05) is 16.3 Å². The van der Waals surface area contributed by atoms with Crippen LogP contribution in [-0.4, -0.2) is 25.4 Å². The van der Waals surface area contributed by atoms with E-state index in [2.05, 4.69) is 15.2 Å². The number of anilines is 3. The highest BCUT2D eigenvalue weighted by molar-refractivity contribution is 7.92. The average Bonchev–Trinajstić information content (AvgIpc) is 3.21. The molecular formula is C22H18Cl2N4O5S. The predicted octanol–water partition coefficient (Wildman–Crippen LogP) is 4.49. The largest absolute Gasteiger partial charge is 0.350 e. The summed E-state index contributed by atoms with van der Waals surface area (Å²) in [6, 6.07) is 10.3. The summed E-state index contributed by atoms with van der Waals surface area (Å²) in [5.74, 6) is -1.33. The molecule has 0 bridgehead atoms. The van der Waals surface area contributed by atoms with E-state index in [9.17, 15) is 18.0 Å². The summed E-state index contributed by atoms with van der Waals surface area (Å²) in [6.45, 7) is 5.17. The van der Waals surface area contributed by atoms with Gasteiger partial charge in [-0.2, -0.15) is 0 Å². The third-order valence-corrected chi connectivity index (χ3v) is 7.36. The van der Waals surface area contributed by atoms with Crippen molar-refractivity contribution in [2.75, 3.05) is 14.9 Å². The molecule has 3 aromatic rings. The van der Waals surface area contributed by atoms with Crippen molar-refractivity contribution in [1.29, 1.82) is 0 Å². The molecule has 12 heteroatoms. The quantitative estimate of drug-likeness (QED) is 0.459. The fraction of sp³-hybridized carbons (Fsp3) is 0.136. The third-order valence-electron chi connectivity index (χ3n) is 5.26. The van der Waals surface area contributed by atoms with Gasteiger partial charge in [-0.3, -0.25) is 9.59 Å². The van der Waals surface area contributed by atoms with Crippen molar-refractivity contribution in [1.82, 2.24) is 5.16 Å². The second-order valence-corrected chi connectivity index (χ2v) is 10.0. The monoisotopic (exact) mass is 520 g/mol. The summed E-state index contributed by atoms with van der Waals surface area (Å²) in [5.41, 5.74) is 2.44. The molecule has 0 atom stereocenters. The van der Waals surface area contributed by atoms with Gasteiger partial charge < -0.3 is 9.84 Å². The van der Waals surface area contributed by atoms with Gasteiger partial charge in [0.05, 0.1) is 16.3 Å². The Labute approximate surface area is 205 Å². The van der Waals surface area contributed by atoms with E-state index in [0.717, 1.165) is 10.5 Å². The lowest BCUT2D eigenvalue weighted by Crippen LogP contribution is -2.32. The number of hydrogen-bond donors (Lipinski definition) is 2. The number of nitrogens with zero attached hydrogens (tertiary/aromatic N) is 2. The minimum absolute atomic E-state index is 0.0306. The van der Waals surface area contributed by atoms with Crippen LogP contribution in [-0.2, 0) is 19.6 Å². The Kier molecular flexibility index (Phi) is 6.15. The molecule has 176 valence electrons. The smallest absolute Gasteiger partial charge is 0.283 e. The Morgan fingerprint density at radius 1 is 0.971 bits per heavy atom. The van der Waals surface area contributed by atoms with Crippen molar-refractivity contribution in [3.05, 3.63) is 75.0 Å². The van der Waals surface area contributed by atoms with Gasteiger partial charge in [-0.15, -0.1) is 0 Å². The van der Waals surface area contributed by atoms with Gasteiger partial charge in [-0.1, -0.05) is 34.4 Å². The zero-order valence-electron chi connectivity index (χ0n) is 18.1. The van der Waals surface area contributed by atoms with Crippen LogP contribution in [0.15, 0.2) is 62.6 Å². The van der Waals surface area contributed by atoms with E-state index in [-0.39, 0.29) is 27.2 Å². The molecule has 4 rings (SSSR count). The Bertz CT molecular complexity index is 1460. The number of aromatic nitrogens is 1. The number of hydrogen-bond acceptors (Lipinski definition) is 7. The second kappa shape index (κ2) is 8.79. The minimum Gasteiger partial charge on any atom is -0.350 e. The molecule has 0 radical (unpaired) electrons. The molecule has 2 heterocycles. The second-order valence-electron chi connectivity index (χ2n) is 7.55. The number of carbonyl (C=O) groups is 2. The summed E-state index contributed by atoms with van der Waals surface area (Å²) in [5, 5.41) is 6.62. The summed E-state index contributed by atoms with van der Waals surface area (Å²) < 4.78 is 32.7. The third kappa shape index (κ3) is 4.27. The predicted molar refractivity (Wildman–Crippen MR) is 128 cm³/mol. The van der Waals surface area contributed by atoms with E-state index < -0.39 is 21.8 Å². The number of nitrogens with one attached hydrogen (secondary N) is 2. The first-order valence-corrected chi connectivity index (χ1v) is 12.1. The molecule has 1 aliphatic rings. The Morgan fingerprint density at radius 3 is 2.24 bits per heavy atom. The molecule has 2 amide bonds. The van der Waals surface area contributed by atoms with Crippen LogP contribution in [0.25, 0.3) is 0 Å². The van der Waals surface area contributed by atoms with Gasteiger partial charge in [0.15, 0.2) is 0 Å². The summed E-state index contributed by atoms with van der Waals surface area (Å²) in [4.78, 5) is 26.4. The van der Waals surface area contributed by atoms with Gasteiger partial charge in [0.1, 0.15) is 10.7 Å². The maximum atomic E-state index is 12.9. The summed E-state index contributed by atoms with van der Waals surface area (Å²) in [6.07, 6.45) is 0. The molecule has 0 saturated heterocycles. The Balaban J connectivity index is 1.54. The van der Waals surface area contributed by atoms with Crippen LogP contribution >= 0.6 is 23.2 Å². The number of halogens is 2. The topological polar surface area (TPSA) is 122 Å². The van der Waals surface area contributed by atoms with E-state index in [1.807, 2.05) is 0 Å². The van der Waals surface area contributed by atoms with E-state index in [0.29, 0.717) is 22.0 Å². The van der Waals surface area contributed by atoms with Crippen molar-refractivity contribution in [3.63, 3.8) is 0 Å². The van der Waals surface area contributed by atoms with Crippen molar-refractivity contribution < 1.29 is 22.5 Å². The normalized spacial score (nSPS) is 14.2. The number of carbonyl (C=O) groups excluding carboxylic acids is 2. The van der Waals surface area contributed by atoms with Crippen LogP contribution in [0.3, 0.4) is 0 Å². The fourth-order valence-electron chi connectivity index (χ4n) is 3.12. The first kappa shape index (κ1) is 23.8. The number of sulfonamides is 1. The standard InChI is InChI=1S/C22H18Cl2N4O5S/c1-11-4-7-15(10-17(11)23)28-21(29)18(24)19(22(28)30)25-14-5-8-16(9-6-14)34(31,32)27-20-12(2)13(3)26-33-20/h4-10,25,27H,1-3H3. The zero-order chi connectivity index (χ0) is 24.8. The van der Waals surface area contributed by atoms with Crippen molar-refractivity contribution in [2.24, 2.45) is 0 Å². The first-order valence-electron chi connectivity index (χ1n) is 9.87. The van der Waals surface area contributed by atoms with Gasteiger partial charge in [0.25, 0.3) is 21.8 Å². The average molecular weight is 521 g/mol. The maximum Gasteiger partial charge on any atom is 0.283 e. The number of benzene rings is 2. The highest BCUT2D eigenvalue weighted by Gasteiger charge is 2.39. The number of imide groups is 1. The molecule has 0 saturated carbocycles. The lowest BCUT2D eigenvalue weighted by molar-refractivity contribution is -0.120. The van der Waals surface area contributed by atoms with Crippen LogP contribution in [0.1, 0.15) is 16.8 Å². The number of rotatable bonds is 6. The molecule has 1 aromatic heterocycles. The van der Waals surface area contributed by atoms with Gasteiger partial charge >= 0.3 is 0 Å². The van der Waals surface area contributed by atoms with E-state index in [1.165, 1.54) is 30.3 Å². The van der Waals surface area contributed by atoms with Crippen molar-refractivity contribution in [3.8, 4) is 0 Å². The molecule has 0 spiro atoms. The van der Waals surface area contributed by atoms with E-state index in [1.54, 1.807) is 32.9 Å². The van der Waals surface area contributed by atoms with Crippen molar-refractivity contribution >= 4 is 62.3 Å². The first-order chi connectivity index (χ1) is 16.0. The van der Waals surface area contributed by atoms with Crippen LogP contribution in [0.2, 0.25) is 5.02 Å². The lowest BCUT2D eigenvalue weighted by Gasteiger charge is -2.16. The highest BCUT2D eigenvalue weighted by atomic mass is 35.5. The molecule has 2 aromatic carbocycles. The lowest BCUT2D eigenvalue weighted by atomic mass is 10.2. The minimum atomic E-state index is -3.94. The molecule has 0 unspecified atom stereocenters. The summed E-state index contributed by atoms with van der Waals surface area (Å²) >= 11 is 12.3. The maximum absolute atomic E-state index is 12.9.